The third-order valence-electron chi connectivity index (χ3n) is 3.31. The van der Waals surface area contributed by atoms with Crippen molar-refractivity contribution in [1.82, 2.24) is 5.48 Å². The van der Waals surface area contributed by atoms with Crippen LogP contribution in [0.25, 0.3) is 0 Å². The van der Waals surface area contributed by atoms with Crippen molar-refractivity contribution in [2.45, 2.75) is 19.1 Å². The van der Waals surface area contributed by atoms with Crippen molar-refractivity contribution in [2.75, 3.05) is 18.8 Å². The van der Waals surface area contributed by atoms with Crippen molar-refractivity contribution < 1.29 is 37.6 Å². The number of halogens is 4. The van der Waals surface area contributed by atoms with E-state index in [1.807, 2.05) is 5.48 Å². The second-order valence-corrected chi connectivity index (χ2v) is 9.47. The predicted octanol–water partition coefficient (Wildman–Crippen LogP) is 3.58. The van der Waals surface area contributed by atoms with E-state index < -0.39 is 40.1 Å². The number of carbonyl (C=O) groups is 1. The van der Waals surface area contributed by atoms with Crippen molar-refractivity contribution in [3.63, 3.8) is 0 Å². The number of nitrogens with zero attached hydrogens (tertiary/aromatic N) is 1. The molecule has 13 heteroatoms. The molecule has 1 N–H and O–H groups in total. The molecule has 2 aromatic rings. The number of carboxylic acid groups (broad SMARTS) is 1. The predicted molar refractivity (Wildman–Crippen MR) is 113 cm³/mol. The van der Waals surface area contributed by atoms with Gasteiger partial charge in [-0.15, -0.1) is 5.48 Å². The van der Waals surface area contributed by atoms with Gasteiger partial charge in [0.1, 0.15) is 11.5 Å². The SMILES string of the molecule is C[C@H](NOc1cc(Oc2ccc(C(F)(F)F)cc2Cl)ccc1[N+](=O)[O-])C(=O)[O-].C[S+](C)C. The maximum atomic E-state index is 12.7. The fourth-order valence-electron chi connectivity index (χ4n) is 1.88. The smallest absolute Gasteiger partial charge is 0.416 e. The van der Waals surface area contributed by atoms with Crippen molar-refractivity contribution >= 4 is 34.2 Å². The summed E-state index contributed by atoms with van der Waals surface area (Å²) < 4.78 is 43.4. The quantitative estimate of drug-likeness (QED) is 0.354. The number of hydrogen-bond donors (Lipinski definition) is 1. The molecule has 0 saturated heterocycles. The number of nitro benzene ring substituents is 1. The van der Waals surface area contributed by atoms with Crippen LogP contribution in [0.15, 0.2) is 36.4 Å². The number of ether oxygens (including phenoxy) is 1. The van der Waals surface area contributed by atoms with Gasteiger partial charge in [0.05, 0.1) is 46.3 Å². The van der Waals surface area contributed by atoms with E-state index in [0.717, 1.165) is 24.3 Å². The second kappa shape index (κ2) is 11.8. The number of carbonyl (C=O) groups excluding carboxylic acids is 1. The van der Waals surface area contributed by atoms with Crippen LogP contribution in [-0.2, 0) is 21.9 Å². The number of hydroxylamine groups is 1. The van der Waals surface area contributed by atoms with E-state index in [9.17, 15) is 33.2 Å². The molecule has 32 heavy (non-hydrogen) atoms. The third kappa shape index (κ3) is 8.81. The van der Waals surface area contributed by atoms with Gasteiger partial charge in [-0.25, -0.2) is 0 Å². The maximum Gasteiger partial charge on any atom is 0.416 e. The molecule has 2 aromatic carbocycles. The zero-order valence-electron chi connectivity index (χ0n) is 17.4. The van der Waals surface area contributed by atoms with Crippen LogP contribution in [0, 0.1) is 10.1 Å². The Balaban J connectivity index is 0.00000118. The maximum absolute atomic E-state index is 12.7. The lowest BCUT2D eigenvalue weighted by Crippen LogP contribution is -2.44. The lowest BCUT2D eigenvalue weighted by molar-refractivity contribution is -0.386. The molecule has 0 heterocycles. The summed E-state index contributed by atoms with van der Waals surface area (Å²) >= 11 is 5.80. The van der Waals surface area contributed by atoms with Crippen LogP contribution in [0.4, 0.5) is 18.9 Å². The van der Waals surface area contributed by atoms with Crippen LogP contribution in [0.1, 0.15) is 12.5 Å². The summed E-state index contributed by atoms with van der Waals surface area (Å²) in [5.74, 6) is -2.08. The topological polar surface area (TPSA) is 114 Å². The van der Waals surface area contributed by atoms with Crippen LogP contribution in [0.2, 0.25) is 5.02 Å². The highest BCUT2D eigenvalue weighted by Crippen LogP contribution is 2.38. The molecule has 0 bridgehead atoms. The standard InChI is InChI=1S/C16H12ClF3N2O6.C3H9S/c1-8(15(23)24)21-28-14-7-10(3-4-12(14)22(25)26)27-13-5-2-9(6-11(13)17)16(18,19)20;1-4(2)3/h2-8,21H,1H3,(H,23,24);1-3H3/q;+1/p-1/t8-;/m0./s1. The average Bonchev–Trinajstić information content (AvgIpc) is 2.66. The summed E-state index contributed by atoms with van der Waals surface area (Å²) in [4.78, 5) is 25.9. The molecule has 0 fully saturated rings. The number of aliphatic carboxylic acids is 1. The Hall–Kier alpha value is -2.70. The Kier molecular flexibility index (Phi) is 10.1. The third-order valence-corrected chi connectivity index (χ3v) is 3.61. The molecule has 8 nitrogen and oxygen atoms in total. The van der Waals surface area contributed by atoms with Gasteiger partial charge in [-0.3, -0.25) is 10.1 Å². The van der Waals surface area contributed by atoms with E-state index in [1.54, 1.807) is 0 Å². The molecule has 1 atom stereocenters. The Morgan fingerprint density at radius 3 is 2.22 bits per heavy atom. The van der Waals surface area contributed by atoms with E-state index in [2.05, 4.69) is 18.8 Å². The van der Waals surface area contributed by atoms with Gasteiger partial charge in [0.2, 0.25) is 5.75 Å². The molecular formula is C19H20ClF3N2O6S. The van der Waals surface area contributed by atoms with Gasteiger partial charge in [-0.05, 0) is 42.1 Å². The Morgan fingerprint density at radius 2 is 1.75 bits per heavy atom. The first-order valence-electron chi connectivity index (χ1n) is 8.67. The molecule has 0 radical (unpaired) electrons. The van der Waals surface area contributed by atoms with Gasteiger partial charge < -0.3 is 19.5 Å². The van der Waals surface area contributed by atoms with E-state index in [1.165, 1.54) is 13.0 Å². The van der Waals surface area contributed by atoms with Gasteiger partial charge >= 0.3 is 11.9 Å². The Bertz CT molecular complexity index is 956. The van der Waals surface area contributed by atoms with E-state index in [4.69, 9.17) is 21.2 Å². The minimum atomic E-state index is -4.59. The van der Waals surface area contributed by atoms with Crippen LogP contribution in [-0.4, -0.2) is 35.7 Å². The summed E-state index contributed by atoms with van der Waals surface area (Å²) in [7, 11) is 0.639. The van der Waals surface area contributed by atoms with Crippen molar-refractivity contribution in [2.24, 2.45) is 0 Å². The normalized spacial score (nSPS) is 11.9. The summed E-state index contributed by atoms with van der Waals surface area (Å²) in [5, 5.41) is 21.4. The fraction of sp³-hybridized carbons (Fsp3) is 0.316. The van der Waals surface area contributed by atoms with E-state index >= 15 is 0 Å². The Labute approximate surface area is 189 Å². The van der Waals surface area contributed by atoms with E-state index in [-0.39, 0.29) is 16.5 Å². The molecule has 0 aliphatic rings. The zero-order valence-corrected chi connectivity index (χ0v) is 18.9. The Morgan fingerprint density at radius 1 is 1.16 bits per heavy atom. The largest absolute Gasteiger partial charge is 0.548 e. The number of alkyl halides is 3. The van der Waals surface area contributed by atoms with Gasteiger partial charge in [0.15, 0.2) is 0 Å². The molecule has 0 amide bonds. The molecule has 0 saturated carbocycles. The van der Waals surface area contributed by atoms with Gasteiger partial charge in [-0.2, -0.15) is 13.2 Å². The fourth-order valence-corrected chi connectivity index (χ4v) is 2.10. The van der Waals surface area contributed by atoms with Crippen molar-refractivity contribution in [1.29, 1.82) is 0 Å². The highest BCUT2D eigenvalue weighted by atomic mass is 35.5. The number of rotatable bonds is 7. The molecule has 0 unspecified atom stereocenters. The van der Waals surface area contributed by atoms with Crippen LogP contribution >= 0.6 is 11.6 Å². The first kappa shape index (κ1) is 27.3. The highest BCUT2D eigenvalue weighted by Gasteiger charge is 2.31. The van der Waals surface area contributed by atoms with Gasteiger partial charge in [-0.1, -0.05) is 11.6 Å². The molecule has 0 aliphatic carbocycles. The van der Waals surface area contributed by atoms with Crippen molar-refractivity contribution in [3.05, 3.63) is 57.1 Å². The summed E-state index contributed by atoms with van der Waals surface area (Å²) in [5.41, 5.74) is 0.563. The monoisotopic (exact) mass is 496 g/mol. The lowest BCUT2D eigenvalue weighted by atomic mass is 10.2. The second-order valence-electron chi connectivity index (χ2n) is 6.62. The minimum Gasteiger partial charge on any atom is -0.548 e. The number of benzene rings is 2. The zero-order chi connectivity index (χ0) is 24.6. The lowest BCUT2D eigenvalue weighted by Gasteiger charge is -2.16. The van der Waals surface area contributed by atoms with Gasteiger partial charge in [0.25, 0.3) is 0 Å². The molecule has 2 rings (SSSR count). The average molecular weight is 497 g/mol. The molecule has 0 aliphatic heterocycles. The van der Waals surface area contributed by atoms with E-state index in [0.29, 0.717) is 17.0 Å². The first-order valence-corrected chi connectivity index (χ1v) is 11.5. The van der Waals surface area contributed by atoms with Crippen LogP contribution in [0.5, 0.6) is 17.2 Å². The van der Waals surface area contributed by atoms with Crippen molar-refractivity contribution in [3.8, 4) is 17.2 Å². The minimum absolute atomic E-state index is 0.0508. The molecular weight excluding hydrogens is 477 g/mol. The summed E-state index contributed by atoms with van der Waals surface area (Å²) in [6, 6.07) is 4.35. The molecule has 176 valence electrons. The number of carboxylic acids is 1. The summed E-state index contributed by atoms with van der Waals surface area (Å²) in [6.45, 7) is 1.18. The van der Waals surface area contributed by atoms with Crippen LogP contribution < -0.4 is 20.2 Å². The molecule has 0 aromatic heterocycles. The number of hydrogen-bond acceptors (Lipinski definition) is 7. The first-order chi connectivity index (χ1) is 14.7. The van der Waals surface area contributed by atoms with Crippen LogP contribution in [0.3, 0.4) is 0 Å². The number of nitro groups is 1. The summed E-state index contributed by atoms with van der Waals surface area (Å²) in [6.07, 6.45) is 2.00. The number of nitrogens with one attached hydrogen (secondary N) is 1. The highest BCUT2D eigenvalue weighted by molar-refractivity contribution is 7.94. The molecule has 0 spiro atoms. The van der Waals surface area contributed by atoms with Gasteiger partial charge in [0, 0.05) is 12.1 Å².